The smallest absolute Gasteiger partial charge is 0.410 e. The van der Waals surface area contributed by atoms with Crippen LogP contribution in [0.2, 0.25) is 0 Å². The number of hydrogen-bond donors (Lipinski definition) is 3. The fraction of sp³-hybridized carbons (Fsp3) is 0.355. The van der Waals surface area contributed by atoms with Gasteiger partial charge in [-0.15, -0.1) is 0 Å². The number of aliphatic hydroxyl groups excluding tert-OH is 1. The number of amides is 1. The molecule has 8 nitrogen and oxygen atoms in total. The highest BCUT2D eigenvalue weighted by atomic mass is 32.1. The molecule has 0 aromatic heterocycles. The molecule has 40 heavy (non-hydrogen) atoms. The number of carbonyl (C=O) groups excluding carboxylic acids is 1. The molecule has 3 aromatic rings. The van der Waals surface area contributed by atoms with Crippen LogP contribution in [0.4, 0.5) is 21.9 Å². The molecule has 0 aliphatic heterocycles. The Bertz CT molecular complexity index is 1210. The molecule has 0 fully saturated rings. The lowest BCUT2D eigenvalue weighted by atomic mass is 10.1. The van der Waals surface area contributed by atoms with Crippen molar-refractivity contribution in [3.63, 3.8) is 0 Å². The summed E-state index contributed by atoms with van der Waals surface area (Å²) in [4.78, 5) is 16.4. The molecule has 3 aromatic carbocycles. The maximum absolute atomic E-state index is 12.9. The molecule has 0 unspecified atom stereocenters. The average molecular weight is 565 g/mol. The molecule has 0 aliphatic rings. The van der Waals surface area contributed by atoms with Gasteiger partial charge in [-0.1, -0.05) is 30.3 Å². The highest BCUT2D eigenvalue weighted by molar-refractivity contribution is 7.80. The number of aliphatic hydroxyl groups is 1. The molecule has 0 heterocycles. The minimum atomic E-state index is -0.869. The first kappa shape index (κ1) is 30.7. The second-order valence-electron chi connectivity index (χ2n) is 10.7. The highest BCUT2D eigenvalue weighted by Gasteiger charge is 2.24. The van der Waals surface area contributed by atoms with Crippen molar-refractivity contribution in [1.82, 2.24) is 4.90 Å². The quantitative estimate of drug-likeness (QED) is 0.253. The molecule has 0 saturated carbocycles. The maximum Gasteiger partial charge on any atom is 0.410 e. The van der Waals surface area contributed by atoms with Crippen molar-refractivity contribution in [1.29, 1.82) is 0 Å². The van der Waals surface area contributed by atoms with Crippen LogP contribution in [0.25, 0.3) is 0 Å². The Morgan fingerprint density at radius 2 is 1.50 bits per heavy atom. The van der Waals surface area contributed by atoms with Gasteiger partial charge in [-0.2, -0.15) is 0 Å². The van der Waals surface area contributed by atoms with Crippen LogP contribution in [-0.2, 0) is 11.2 Å². The van der Waals surface area contributed by atoms with E-state index in [-0.39, 0.29) is 13.2 Å². The van der Waals surface area contributed by atoms with Crippen LogP contribution < -0.4 is 20.3 Å². The molecule has 3 rings (SSSR count). The number of benzene rings is 3. The summed E-state index contributed by atoms with van der Waals surface area (Å²) in [6.07, 6.45) is -0.751. The second-order valence-corrected chi connectivity index (χ2v) is 11.1. The third-order valence-corrected chi connectivity index (χ3v) is 6.00. The van der Waals surface area contributed by atoms with Gasteiger partial charge in [0.2, 0.25) is 0 Å². The Morgan fingerprint density at radius 3 is 2.05 bits per heavy atom. The zero-order valence-electron chi connectivity index (χ0n) is 23.9. The summed E-state index contributed by atoms with van der Waals surface area (Å²) in [7, 11) is 4.00. The van der Waals surface area contributed by atoms with Gasteiger partial charge in [-0.3, -0.25) is 0 Å². The average Bonchev–Trinajstić information content (AvgIpc) is 2.90. The number of rotatable bonds is 11. The Morgan fingerprint density at radius 1 is 0.925 bits per heavy atom. The van der Waals surface area contributed by atoms with Crippen LogP contribution in [0.3, 0.4) is 0 Å². The largest absolute Gasteiger partial charge is 0.491 e. The molecule has 0 saturated heterocycles. The normalized spacial score (nSPS) is 11.8. The molecular weight excluding hydrogens is 524 g/mol. The van der Waals surface area contributed by atoms with Gasteiger partial charge in [-0.25, -0.2) is 4.79 Å². The van der Waals surface area contributed by atoms with Crippen LogP contribution in [0.1, 0.15) is 26.3 Å². The van der Waals surface area contributed by atoms with Gasteiger partial charge in [0, 0.05) is 37.7 Å². The van der Waals surface area contributed by atoms with Crippen molar-refractivity contribution in [2.75, 3.05) is 49.3 Å². The summed E-state index contributed by atoms with van der Waals surface area (Å²) < 4.78 is 11.2. The van der Waals surface area contributed by atoms with Crippen molar-refractivity contribution in [3.05, 3.63) is 84.4 Å². The van der Waals surface area contributed by atoms with Gasteiger partial charge in [0.25, 0.3) is 0 Å². The number of nitrogens with zero attached hydrogens (tertiary/aromatic N) is 2. The van der Waals surface area contributed by atoms with Gasteiger partial charge in [-0.05, 0) is 93.5 Å². The van der Waals surface area contributed by atoms with Crippen LogP contribution in [0, 0.1) is 0 Å². The van der Waals surface area contributed by atoms with E-state index in [2.05, 4.69) is 10.6 Å². The number of ether oxygens (including phenoxy) is 2. The lowest BCUT2D eigenvalue weighted by Crippen LogP contribution is -2.43. The standard InChI is InChI=1S/C31H40N4O4S/c1-31(2,3)39-30(37)35(21-27(36)22-38-28-9-7-6-8-10-28)20-19-23-11-13-24(14-12-23)32-29(40)33-25-15-17-26(18-16-25)34(4)5/h6-18,27,36H,19-22H2,1-5H3,(H2,32,33,40)/t27-/m0/s1. The molecule has 0 aliphatic carbocycles. The van der Waals surface area contributed by atoms with E-state index in [1.807, 2.05) is 119 Å². The fourth-order valence-electron chi connectivity index (χ4n) is 3.75. The van der Waals surface area contributed by atoms with Gasteiger partial charge in [0.05, 0.1) is 6.54 Å². The van der Waals surface area contributed by atoms with E-state index in [1.54, 1.807) is 0 Å². The Labute approximate surface area is 242 Å². The molecule has 0 radical (unpaired) electrons. The second kappa shape index (κ2) is 14.5. The number of thiocarbonyl (C=S) groups is 1. The maximum atomic E-state index is 12.9. The number of hydrogen-bond acceptors (Lipinski definition) is 6. The van der Waals surface area contributed by atoms with Crippen LogP contribution in [0.15, 0.2) is 78.9 Å². The van der Waals surface area contributed by atoms with Crippen LogP contribution in [0.5, 0.6) is 5.75 Å². The van der Waals surface area contributed by atoms with E-state index in [4.69, 9.17) is 21.7 Å². The molecule has 1 amide bonds. The predicted molar refractivity (Wildman–Crippen MR) is 167 cm³/mol. The third kappa shape index (κ3) is 10.7. The number of nitrogens with one attached hydrogen (secondary N) is 2. The summed E-state index contributed by atoms with van der Waals surface area (Å²) in [5, 5.41) is 17.5. The molecule has 214 valence electrons. The van der Waals surface area contributed by atoms with Crippen LogP contribution >= 0.6 is 12.2 Å². The summed E-state index contributed by atoms with van der Waals surface area (Å²) in [5.74, 6) is 0.663. The van der Waals surface area contributed by atoms with Crippen molar-refractivity contribution in [2.24, 2.45) is 0 Å². The summed E-state index contributed by atoms with van der Waals surface area (Å²) >= 11 is 5.46. The Kier molecular flexibility index (Phi) is 11.2. The summed E-state index contributed by atoms with van der Waals surface area (Å²) in [6, 6.07) is 25.1. The first-order valence-electron chi connectivity index (χ1n) is 13.3. The lowest BCUT2D eigenvalue weighted by molar-refractivity contribution is 0.00945. The van der Waals surface area contributed by atoms with Crippen molar-refractivity contribution in [3.8, 4) is 5.75 Å². The number of para-hydroxylation sites is 1. The Hall–Kier alpha value is -3.82. The minimum Gasteiger partial charge on any atom is -0.491 e. The van der Waals surface area contributed by atoms with E-state index in [9.17, 15) is 9.90 Å². The van der Waals surface area contributed by atoms with E-state index < -0.39 is 17.8 Å². The number of anilines is 3. The highest BCUT2D eigenvalue weighted by Crippen LogP contribution is 2.17. The van der Waals surface area contributed by atoms with Gasteiger partial charge in [0.1, 0.15) is 24.1 Å². The molecular formula is C31H40N4O4S. The summed E-state index contributed by atoms with van der Waals surface area (Å²) in [5.41, 5.74) is 3.25. The van der Waals surface area contributed by atoms with Gasteiger partial charge >= 0.3 is 6.09 Å². The molecule has 3 N–H and O–H groups in total. The van der Waals surface area contributed by atoms with Crippen molar-refractivity contribution < 1.29 is 19.4 Å². The van der Waals surface area contributed by atoms with Crippen LogP contribution in [-0.4, -0.2) is 66.7 Å². The van der Waals surface area contributed by atoms with E-state index >= 15 is 0 Å². The summed E-state index contributed by atoms with van der Waals surface area (Å²) in [6.45, 7) is 6.01. The molecule has 9 heteroatoms. The fourth-order valence-corrected chi connectivity index (χ4v) is 3.99. The molecule has 0 spiro atoms. The predicted octanol–water partition coefficient (Wildman–Crippen LogP) is 5.78. The minimum absolute atomic E-state index is 0.0669. The molecule has 1 atom stereocenters. The first-order chi connectivity index (χ1) is 19.0. The number of carbonyl (C=O) groups is 1. The van der Waals surface area contributed by atoms with E-state index in [0.717, 1.165) is 22.6 Å². The zero-order valence-corrected chi connectivity index (χ0v) is 24.7. The molecule has 0 bridgehead atoms. The van der Waals surface area contributed by atoms with Gasteiger partial charge in [0.15, 0.2) is 5.11 Å². The van der Waals surface area contributed by atoms with Crippen molar-refractivity contribution >= 4 is 40.5 Å². The topological polar surface area (TPSA) is 86.3 Å². The van der Waals surface area contributed by atoms with Gasteiger partial charge < -0.3 is 35.0 Å². The zero-order chi connectivity index (χ0) is 29.1. The van der Waals surface area contributed by atoms with E-state index in [0.29, 0.717) is 23.8 Å². The monoisotopic (exact) mass is 564 g/mol. The SMILES string of the molecule is CN(C)c1ccc(NC(=S)Nc2ccc(CCN(C[C@H](O)COc3ccccc3)C(=O)OC(C)(C)C)cc2)cc1. The van der Waals surface area contributed by atoms with Crippen molar-refractivity contribution in [2.45, 2.75) is 38.9 Å². The third-order valence-electron chi connectivity index (χ3n) is 5.79. The van der Waals surface area contributed by atoms with E-state index in [1.165, 1.54) is 4.90 Å². The lowest BCUT2D eigenvalue weighted by Gasteiger charge is -2.29. The first-order valence-corrected chi connectivity index (χ1v) is 13.7. The Balaban J connectivity index is 1.53.